The molecule has 0 aliphatic rings. The van der Waals surface area contributed by atoms with Crippen LogP contribution in [0.5, 0.6) is 5.75 Å². The van der Waals surface area contributed by atoms with Crippen LogP contribution in [0.15, 0.2) is 18.3 Å². The van der Waals surface area contributed by atoms with E-state index in [0.29, 0.717) is 11.2 Å². The summed E-state index contributed by atoms with van der Waals surface area (Å²) in [4.78, 5) is 0. The Morgan fingerprint density at radius 3 is 2.75 bits per heavy atom. The fourth-order valence-electron chi connectivity index (χ4n) is 1.44. The summed E-state index contributed by atoms with van der Waals surface area (Å²) in [6, 6.07) is 3.36. The van der Waals surface area contributed by atoms with Crippen LogP contribution in [0.4, 0.5) is 0 Å². The lowest BCUT2D eigenvalue weighted by molar-refractivity contribution is 0.178. The summed E-state index contributed by atoms with van der Waals surface area (Å²) in [6.07, 6.45) is 7.61. The maximum Gasteiger partial charge on any atom is 0.146 e. The normalized spacial score (nSPS) is 10.3. The largest absolute Gasteiger partial charge is 0.493 e. The summed E-state index contributed by atoms with van der Waals surface area (Å²) in [7, 11) is 0. The topological polar surface area (TPSA) is 34.4 Å². The van der Waals surface area contributed by atoms with Gasteiger partial charge in [-0.05, 0) is 6.42 Å². The predicted octanol–water partition coefficient (Wildman–Crippen LogP) is 3.80. The highest BCUT2D eigenvalue weighted by Gasteiger charge is 1.95. The Kier molecular flexibility index (Phi) is 5.93. The lowest BCUT2D eigenvalue weighted by Crippen LogP contribution is -1.99. The number of rotatable bonds is 7. The van der Waals surface area contributed by atoms with Crippen LogP contribution in [-0.4, -0.2) is 16.5 Å². The lowest BCUT2D eigenvalue weighted by atomic mass is 10.2. The van der Waals surface area contributed by atoms with E-state index in [1.165, 1.54) is 31.9 Å². The minimum Gasteiger partial charge on any atom is -0.493 e. The van der Waals surface area contributed by atoms with E-state index in [2.05, 4.69) is 6.92 Å². The molecule has 0 saturated heterocycles. The Bertz CT molecular complexity index is 362. The van der Waals surface area contributed by atoms with Crippen LogP contribution in [0.3, 0.4) is 0 Å². The van der Waals surface area contributed by atoms with Crippen LogP contribution >= 0.6 is 12.2 Å². The van der Waals surface area contributed by atoms with Crippen LogP contribution in [0, 0.1) is 4.64 Å². The number of nitrogens with zero attached hydrogens (tertiary/aromatic N) is 1. The van der Waals surface area contributed by atoms with E-state index in [1.54, 1.807) is 12.1 Å². The van der Waals surface area contributed by atoms with Crippen molar-refractivity contribution in [2.45, 2.75) is 39.0 Å². The molecule has 0 unspecified atom stereocenters. The molecule has 1 N–H and O–H groups in total. The Morgan fingerprint density at radius 1 is 1.31 bits per heavy atom. The summed E-state index contributed by atoms with van der Waals surface area (Å²) < 4.78 is 6.80. The van der Waals surface area contributed by atoms with E-state index in [9.17, 15) is 0 Å². The molecule has 0 fully saturated rings. The first-order valence-corrected chi connectivity index (χ1v) is 6.19. The molecule has 1 aromatic rings. The van der Waals surface area contributed by atoms with Crippen molar-refractivity contribution < 1.29 is 9.94 Å². The molecule has 0 bridgehead atoms. The first-order valence-electron chi connectivity index (χ1n) is 5.79. The minimum absolute atomic E-state index is 0.364. The van der Waals surface area contributed by atoms with Gasteiger partial charge in [0, 0.05) is 18.3 Å². The molecule has 0 amide bonds. The van der Waals surface area contributed by atoms with Crippen molar-refractivity contribution in [2.75, 3.05) is 6.61 Å². The van der Waals surface area contributed by atoms with E-state index >= 15 is 0 Å². The molecule has 0 atom stereocenters. The van der Waals surface area contributed by atoms with Crippen LogP contribution in [0.2, 0.25) is 0 Å². The Balaban J connectivity index is 2.22. The fourth-order valence-corrected chi connectivity index (χ4v) is 1.62. The van der Waals surface area contributed by atoms with Gasteiger partial charge in [-0.1, -0.05) is 44.8 Å². The van der Waals surface area contributed by atoms with Crippen molar-refractivity contribution >= 4 is 12.2 Å². The van der Waals surface area contributed by atoms with Gasteiger partial charge >= 0.3 is 0 Å². The smallest absolute Gasteiger partial charge is 0.146 e. The van der Waals surface area contributed by atoms with Crippen molar-refractivity contribution in [1.29, 1.82) is 0 Å². The second-order valence-corrected chi connectivity index (χ2v) is 4.23. The molecule has 0 aromatic carbocycles. The Labute approximate surface area is 102 Å². The molecular weight excluding hydrogens is 222 g/mol. The van der Waals surface area contributed by atoms with E-state index in [0.717, 1.165) is 16.9 Å². The predicted molar refractivity (Wildman–Crippen MR) is 66.7 cm³/mol. The van der Waals surface area contributed by atoms with Crippen LogP contribution in [0.25, 0.3) is 0 Å². The zero-order valence-electron chi connectivity index (χ0n) is 9.69. The maximum atomic E-state index is 9.17. The molecule has 1 heterocycles. The molecule has 1 aromatic heterocycles. The molecule has 90 valence electrons. The SMILES string of the molecule is CCCCCCCOc1ccn(O)c(=S)c1. The summed E-state index contributed by atoms with van der Waals surface area (Å²) in [5.41, 5.74) is 0. The highest BCUT2D eigenvalue weighted by Crippen LogP contribution is 2.11. The van der Waals surface area contributed by atoms with Crippen molar-refractivity contribution in [2.24, 2.45) is 0 Å². The Morgan fingerprint density at radius 2 is 2.06 bits per heavy atom. The molecule has 0 spiro atoms. The Hall–Kier alpha value is -1.03. The van der Waals surface area contributed by atoms with Gasteiger partial charge in [0.2, 0.25) is 0 Å². The van der Waals surface area contributed by atoms with Gasteiger partial charge in [0.15, 0.2) is 0 Å². The molecule has 0 aliphatic carbocycles. The molecule has 0 radical (unpaired) electrons. The summed E-state index contributed by atoms with van der Waals surface area (Å²) in [5, 5.41) is 9.17. The van der Waals surface area contributed by atoms with Gasteiger partial charge in [-0.2, -0.15) is 4.73 Å². The highest BCUT2D eigenvalue weighted by molar-refractivity contribution is 7.71. The van der Waals surface area contributed by atoms with Crippen LogP contribution in [-0.2, 0) is 0 Å². The molecule has 4 heteroatoms. The average Bonchev–Trinajstić information content (AvgIpc) is 2.28. The number of aromatic nitrogens is 1. The molecule has 3 nitrogen and oxygen atoms in total. The van der Waals surface area contributed by atoms with Crippen molar-refractivity contribution in [1.82, 2.24) is 4.73 Å². The van der Waals surface area contributed by atoms with Crippen molar-refractivity contribution in [3.8, 4) is 5.75 Å². The maximum absolute atomic E-state index is 9.17. The zero-order valence-corrected chi connectivity index (χ0v) is 10.5. The fraction of sp³-hybridized carbons (Fsp3) is 0.583. The molecule has 0 aliphatic heterocycles. The van der Waals surface area contributed by atoms with Gasteiger partial charge in [-0.3, -0.25) is 0 Å². The lowest BCUT2D eigenvalue weighted by Gasteiger charge is -2.06. The summed E-state index contributed by atoms with van der Waals surface area (Å²) in [6.45, 7) is 2.92. The molecule has 16 heavy (non-hydrogen) atoms. The molecular formula is C12H19NO2S. The van der Waals surface area contributed by atoms with Gasteiger partial charge in [0.05, 0.1) is 6.61 Å². The minimum atomic E-state index is 0.364. The van der Waals surface area contributed by atoms with Gasteiger partial charge in [0.1, 0.15) is 10.4 Å². The third kappa shape index (κ3) is 4.66. The zero-order chi connectivity index (χ0) is 11.8. The monoisotopic (exact) mass is 241 g/mol. The first-order chi connectivity index (χ1) is 7.74. The van der Waals surface area contributed by atoms with E-state index in [4.69, 9.17) is 22.2 Å². The van der Waals surface area contributed by atoms with E-state index in [-0.39, 0.29) is 0 Å². The molecule has 0 saturated carbocycles. The van der Waals surface area contributed by atoms with Gasteiger partial charge in [0.25, 0.3) is 0 Å². The first kappa shape index (κ1) is 13.0. The molecule has 1 rings (SSSR count). The van der Waals surface area contributed by atoms with E-state index < -0.39 is 0 Å². The van der Waals surface area contributed by atoms with Crippen LogP contribution in [0.1, 0.15) is 39.0 Å². The third-order valence-corrected chi connectivity index (χ3v) is 2.69. The van der Waals surface area contributed by atoms with Gasteiger partial charge < -0.3 is 9.94 Å². The number of hydrogen-bond donors (Lipinski definition) is 1. The highest BCUT2D eigenvalue weighted by atomic mass is 32.1. The number of ether oxygens (including phenoxy) is 1. The number of pyridine rings is 1. The average molecular weight is 241 g/mol. The van der Waals surface area contributed by atoms with Crippen LogP contribution < -0.4 is 4.74 Å². The second kappa shape index (κ2) is 7.28. The van der Waals surface area contributed by atoms with Gasteiger partial charge in [-0.25, -0.2) is 0 Å². The number of hydrogen-bond acceptors (Lipinski definition) is 3. The van der Waals surface area contributed by atoms with Gasteiger partial charge in [-0.15, -0.1) is 0 Å². The van der Waals surface area contributed by atoms with Crippen molar-refractivity contribution in [3.05, 3.63) is 23.0 Å². The summed E-state index contributed by atoms with van der Waals surface area (Å²) in [5.74, 6) is 0.728. The summed E-state index contributed by atoms with van der Waals surface area (Å²) >= 11 is 4.91. The van der Waals surface area contributed by atoms with Crippen molar-refractivity contribution in [3.63, 3.8) is 0 Å². The standard InChI is InChI=1S/C12H19NO2S/c1-2-3-4-5-6-9-15-11-7-8-13(14)12(16)10-11/h7-8,10,14H,2-6,9H2,1H3. The number of unbranched alkanes of at least 4 members (excludes halogenated alkanes) is 4. The quantitative estimate of drug-likeness (QED) is 0.448. The second-order valence-electron chi connectivity index (χ2n) is 3.81. The third-order valence-electron chi connectivity index (χ3n) is 2.39. The van der Waals surface area contributed by atoms with E-state index in [1.807, 2.05) is 0 Å².